The lowest BCUT2D eigenvalue weighted by atomic mass is 9.79. The first-order chi connectivity index (χ1) is 10.6. The van der Waals surface area contributed by atoms with Crippen LogP contribution in [-0.4, -0.2) is 49.1 Å². The van der Waals surface area contributed by atoms with E-state index in [0.717, 1.165) is 19.3 Å². The number of carbonyl (C=O) groups excluding carboxylic acids is 2. The largest absolute Gasteiger partial charge is 0.465 e. The molecule has 3 rings (SSSR count). The van der Waals surface area contributed by atoms with Crippen LogP contribution in [0.1, 0.15) is 38.5 Å². The van der Waals surface area contributed by atoms with E-state index in [1.807, 2.05) is 0 Å². The van der Waals surface area contributed by atoms with Crippen LogP contribution in [0.3, 0.4) is 0 Å². The van der Waals surface area contributed by atoms with Crippen LogP contribution in [0.15, 0.2) is 0 Å². The van der Waals surface area contributed by atoms with Gasteiger partial charge >= 0.3 is 11.9 Å². The van der Waals surface area contributed by atoms with Gasteiger partial charge in [0.25, 0.3) is 0 Å². The zero-order valence-corrected chi connectivity index (χ0v) is 12.7. The molecule has 0 spiro atoms. The number of carbonyl (C=O) groups is 2. The maximum atomic E-state index is 12.2. The Kier molecular flexibility index (Phi) is 4.98. The molecule has 5 atom stereocenters. The fourth-order valence-electron chi connectivity index (χ4n) is 3.10. The molecule has 1 saturated heterocycles. The fraction of sp³-hybridized carbons (Fsp3) is 0.875. The molecular weight excluding hydrogens is 288 g/mol. The minimum atomic E-state index is -0.384. The van der Waals surface area contributed by atoms with Crippen molar-refractivity contribution in [1.82, 2.24) is 0 Å². The number of aliphatic hydroxyl groups excluding tert-OH is 1. The van der Waals surface area contributed by atoms with Crippen LogP contribution < -0.4 is 0 Å². The first-order valence-electron chi connectivity index (χ1n) is 8.28. The van der Waals surface area contributed by atoms with Gasteiger partial charge in [-0.25, -0.2) is 0 Å². The summed E-state index contributed by atoms with van der Waals surface area (Å²) in [4.78, 5) is 24.4. The predicted octanol–water partition coefficient (Wildman–Crippen LogP) is 1.05. The predicted molar refractivity (Wildman–Crippen MR) is 75.8 cm³/mol. The molecule has 6 nitrogen and oxygen atoms in total. The fourth-order valence-corrected chi connectivity index (χ4v) is 3.10. The highest BCUT2D eigenvalue weighted by Gasteiger charge is 2.39. The highest BCUT2D eigenvalue weighted by Crippen LogP contribution is 2.34. The van der Waals surface area contributed by atoms with E-state index in [9.17, 15) is 14.7 Å². The summed E-state index contributed by atoms with van der Waals surface area (Å²) in [6.45, 7) is 1.27. The maximum Gasteiger partial charge on any atom is 0.309 e. The molecule has 3 fully saturated rings. The van der Waals surface area contributed by atoms with Crippen LogP contribution in [-0.2, 0) is 23.8 Å². The monoisotopic (exact) mass is 312 g/mol. The lowest BCUT2D eigenvalue weighted by Crippen LogP contribution is -2.35. The van der Waals surface area contributed by atoms with Crippen molar-refractivity contribution in [2.45, 2.75) is 50.7 Å². The summed E-state index contributed by atoms with van der Waals surface area (Å²) < 4.78 is 15.6. The van der Waals surface area contributed by atoms with Gasteiger partial charge in [-0.1, -0.05) is 12.8 Å². The van der Waals surface area contributed by atoms with Crippen molar-refractivity contribution in [1.29, 1.82) is 0 Å². The van der Waals surface area contributed by atoms with Crippen molar-refractivity contribution in [3.05, 3.63) is 0 Å². The van der Waals surface area contributed by atoms with E-state index in [0.29, 0.717) is 32.5 Å². The molecule has 0 bridgehead atoms. The van der Waals surface area contributed by atoms with Crippen molar-refractivity contribution in [3.63, 3.8) is 0 Å². The van der Waals surface area contributed by atoms with E-state index in [4.69, 9.17) is 14.2 Å². The molecule has 124 valence electrons. The molecular formula is C16H24O6. The van der Waals surface area contributed by atoms with E-state index in [-0.39, 0.29) is 48.5 Å². The Morgan fingerprint density at radius 3 is 2.23 bits per heavy atom. The zero-order chi connectivity index (χ0) is 15.5. The molecule has 0 aromatic heterocycles. The second-order valence-corrected chi connectivity index (χ2v) is 6.60. The Morgan fingerprint density at radius 1 is 1.09 bits per heavy atom. The van der Waals surface area contributed by atoms with Gasteiger partial charge in [0.15, 0.2) is 0 Å². The number of aliphatic hydroxyl groups is 1. The first-order valence-corrected chi connectivity index (χ1v) is 8.28. The second-order valence-electron chi connectivity index (χ2n) is 6.60. The SMILES string of the molecule is O=C(OCCC1CC1O)C1CCCCC1C(=O)OCC1CO1. The molecule has 0 radical (unpaired) electrons. The molecule has 0 aromatic carbocycles. The Labute approximate surface area is 130 Å². The van der Waals surface area contributed by atoms with Crippen molar-refractivity contribution in [3.8, 4) is 0 Å². The molecule has 3 aliphatic rings. The van der Waals surface area contributed by atoms with Gasteiger partial charge in [0.05, 0.1) is 31.2 Å². The molecule has 2 aliphatic carbocycles. The molecule has 0 aromatic rings. The number of ether oxygens (including phenoxy) is 3. The lowest BCUT2D eigenvalue weighted by molar-refractivity contribution is -0.163. The topological polar surface area (TPSA) is 85.4 Å². The summed E-state index contributed by atoms with van der Waals surface area (Å²) in [5, 5.41) is 9.25. The smallest absolute Gasteiger partial charge is 0.309 e. The summed E-state index contributed by atoms with van der Waals surface area (Å²) in [6.07, 6.45) is 4.58. The van der Waals surface area contributed by atoms with Crippen molar-refractivity contribution in [2.24, 2.45) is 17.8 Å². The van der Waals surface area contributed by atoms with Crippen LogP contribution in [0.25, 0.3) is 0 Å². The average Bonchev–Trinajstić information content (AvgIpc) is 3.44. The van der Waals surface area contributed by atoms with Crippen LogP contribution in [0.5, 0.6) is 0 Å². The van der Waals surface area contributed by atoms with Gasteiger partial charge in [0.2, 0.25) is 0 Å². The first kappa shape index (κ1) is 15.7. The van der Waals surface area contributed by atoms with Gasteiger partial charge < -0.3 is 19.3 Å². The minimum Gasteiger partial charge on any atom is -0.465 e. The lowest BCUT2D eigenvalue weighted by Gasteiger charge is -2.28. The quantitative estimate of drug-likeness (QED) is 0.558. The molecule has 0 amide bonds. The van der Waals surface area contributed by atoms with Crippen LogP contribution in [0.2, 0.25) is 0 Å². The number of rotatable bonds is 7. The molecule has 1 heterocycles. The number of hydrogen-bond donors (Lipinski definition) is 1. The van der Waals surface area contributed by atoms with Gasteiger partial charge in [-0.05, 0) is 31.6 Å². The van der Waals surface area contributed by atoms with Crippen molar-refractivity contribution < 1.29 is 28.9 Å². The molecule has 22 heavy (non-hydrogen) atoms. The summed E-state index contributed by atoms with van der Waals surface area (Å²) >= 11 is 0. The standard InChI is InChI=1S/C16H24O6/c17-14-7-10(14)5-6-20-15(18)12-3-1-2-4-13(12)16(19)22-9-11-8-21-11/h10-14,17H,1-9H2. The Hall–Kier alpha value is -1.14. The van der Waals surface area contributed by atoms with Gasteiger partial charge in [0, 0.05) is 0 Å². The van der Waals surface area contributed by atoms with Crippen LogP contribution >= 0.6 is 0 Å². The highest BCUT2D eigenvalue weighted by molar-refractivity contribution is 5.82. The Bertz CT molecular complexity index is 419. The van der Waals surface area contributed by atoms with E-state index in [1.54, 1.807) is 0 Å². The van der Waals surface area contributed by atoms with E-state index >= 15 is 0 Å². The van der Waals surface area contributed by atoms with Crippen molar-refractivity contribution >= 4 is 11.9 Å². The zero-order valence-electron chi connectivity index (χ0n) is 12.7. The van der Waals surface area contributed by atoms with E-state index in [1.165, 1.54) is 0 Å². The van der Waals surface area contributed by atoms with Gasteiger partial charge in [-0.2, -0.15) is 0 Å². The highest BCUT2D eigenvalue weighted by atomic mass is 16.6. The third-order valence-electron chi connectivity index (χ3n) is 4.80. The van der Waals surface area contributed by atoms with Gasteiger partial charge in [-0.15, -0.1) is 0 Å². The molecule has 5 unspecified atom stereocenters. The summed E-state index contributed by atoms with van der Waals surface area (Å²) in [6, 6.07) is 0. The molecule has 1 N–H and O–H groups in total. The van der Waals surface area contributed by atoms with Gasteiger partial charge in [0.1, 0.15) is 12.7 Å². The van der Waals surface area contributed by atoms with E-state index in [2.05, 4.69) is 0 Å². The van der Waals surface area contributed by atoms with Gasteiger partial charge in [-0.3, -0.25) is 9.59 Å². The molecule has 2 saturated carbocycles. The number of hydrogen-bond acceptors (Lipinski definition) is 6. The maximum absolute atomic E-state index is 12.2. The molecule has 6 heteroatoms. The van der Waals surface area contributed by atoms with Crippen LogP contribution in [0, 0.1) is 17.8 Å². The Balaban J connectivity index is 1.44. The Morgan fingerprint density at radius 2 is 1.68 bits per heavy atom. The molecule has 1 aliphatic heterocycles. The normalized spacial score (nSPS) is 36.5. The number of epoxide rings is 1. The number of esters is 2. The average molecular weight is 312 g/mol. The minimum absolute atomic E-state index is 0.0444. The summed E-state index contributed by atoms with van der Waals surface area (Å²) in [7, 11) is 0. The summed E-state index contributed by atoms with van der Waals surface area (Å²) in [5.41, 5.74) is 0. The van der Waals surface area contributed by atoms with Crippen molar-refractivity contribution in [2.75, 3.05) is 19.8 Å². The third-order valence-corrected chi connectivity index (χ3v) is 4.80. The third kappa shape index (κ3) is 4.20. The second kappa shape index (κ2) is 6.96. The van der Waals surface area contributed by atoms with Crippen LogP contribution in [0.4, 0.5) is 0 Å². The summed E-state index contributed by atoms with van der Waals surface area (Å²) in [5.74, 6) is -1.08. The van der Waals surface area contributed by atoms with E-state index < -0.39 is 0 Å².